The highest BCUT2D eigenvalue weighted by molar-refractivity contribution is 9.10. The quantitative estimate of drug-likeness (QED) is 0.241. The Balaban J connectivity index is 1.60. The Hall–Kier alpha value is -3.56. The number of carbonyl (C=O) groups is 2. The van der Waals surface area contributed by atoms with Crippen LogP contribution in [0.15, 0.2) is 70.2 Å². The molecule has 0 aliphatic carbocycles. The van der Waals surface area contributed by atoms with Crippen LogP contribution in [0.2, 0.25) is 5.02 Å². The minimum Gasteiger partial charge on any atom is -0.497 e. The lowest BCUT2D eigenvalue weighted by Gasteiger charge is -2.13. The zero-order chi connectivity index (χ0) is 24.5. The van der Waals surface area contributed by atoms with Gasteiger partial charge in [-0.3, -0.25) is 9.59 Å². The largest absolute Gasteiger partial charge is 0.497 e. The second-order valence-electron chi connectivity index (χ2n) is 6.83. The van der Waals surface area contributed by atoms with Crippen LogP contribution in [0.4, 0.5) is 5.69 Å². The number of hydrogen-bond donors (Lipinski definition) is 2. The summed E-state index contributed by atoms with van der Waals surface area (Å²) in [4.78, 5) is 24.1. The van der Waals surface area contributed by atoms with E-state index in [0.717, 1.165) is 5.56 Å². The van der Waals surface area contributed by atoms with Crippen molar-refractivity contribution in [1.82, 2.24) is 5.43 Å². The monoisotopic (exact) mass is 545 g/mol. The van der Waals surface area contributed by atoms with Crippen LogP contribution in [0.1, 0.15) is 11.1 Å². The number of carbonyl (C=O) groups excluding carboxylic acids is 2. The van der Waals surface area contributed by atoms with Crippen molar-refractivity contribution >= 4 is 51.2 Å². The Morgan fingerprint density at radius 1 is 1.03 bits per heavy atom. The molecule has 0 atom stereocenters. The lowest BCUT2D eigenvalue weighted by molar-refractivity contribution is -0.136. The minimum atomic E-state index is -0.917. The van der Waals surface area contributed by atoms with Gasteiger partial charge in [-0.25, -0.2) is 5.43 Å². The molecule has 8 nitrogen and oxygen atoms in total. The van der Waals surface area contributed by atoms with Gasteiger partial charge in [0, 0.05) is 10.7 Å². The highest BCUT2D eigenvalue weighted by atomic mass is 79.9. The molecule has 0 aliphatic heterocycles. The third-order valence-electron chi connectivity index (χ3n) is 4.46. The molecule has 3 rings (SSSR count). The summed E-state index contributed by atoms with van der Waals surface area (Å²) in [5.41, 5.74) is 4.15. The van der Waals surface area contributed by atoms with E-state index in [1.165, 1.54) is 20.4 Å². The third kappa shape index (κ3) is 6.97. The van der Waals surface area contributed by atoms with Crippen LogP contribution in [0.5, 0.6) is 17.2 Å². The van der Waals surface area contributed by atoms with Crippen molar-refractivity contribution in [3.63, 3.8) is 0 Å². The van der Waals surface area contributed by atoms with E-state index in [9.17, 15) is 9.59 Å². The van der Waals surface area contributed by atoms with Crippen molar-refractivity contribution in [2.24, 2.45) is 5.10 Å². The van der Waals surface area contributed by atoms with Crippen LogP contribution in [-0.2, 0) is 16.2 Å². The fourth-order valence-electron chi connectivity index (χ4n) is 2.82. The van der Waals surface area contributed by atoms with Crippen LogP contribution in [0.25, 0.3) is 0 Å². The van der Waals surface area contributed by atoms with E-state index in [1.54, 1.807) is 42.5 Å². The maximum atomic E-state index is 12.0. The average molecular weight is 547 g/mol. The first-order valence-electron chi connectivity index (χ1n) is 9.93. The Morgan fingerprint density at radius 3 is 2.47 bits per heavy atom. The smallest absolute Gasteiger partial charge is 0.329 e. The molecule has 2 N–H and O–H groups in total. The number of benzene rings is 3. The normalized spacial score (nSPS) is 10.6. The first-order chi connectivity index (χ1) is 16.4. The fraction of sp³-hybridized carbons (Fsp3) is 0.125. The molecule has 3 aromatic rings. The summed E-state index contributed by atoms with van der Waals surface area (Å²) in [5, 5.41) is 6.94. The number of hydrogen-bond acceptors (Lipinski definition) is 6. The number of nitrogens with zero attached hydrogens (tertiary/aromatic N) is 1. The molecule has 0 bridgehead atoms. The number of methoxy groups -OCH3 is 2. The van der Waals surface area contributed by atoms with Gasteiger partial charge in [0.1, 0.15) is 12.4 Å². The zero-order valence-electron chi connectivity index (χ0n) is 18.3. The van der Waals surface area contributed by atoms with Crippen molar-refractivity contribution in [3.8, 4) is 17.2 Å². The molecular weight excluding hydrogens is 526 g/mol. The second-order valence-corrected chi connectivity index (χ2v) is 8.13. The molecule has 0 aromatic heterocycles. The van der Waals surface area contributed by atoms with Gasteiger partial charge in [-0.2, -0.15) is 5.10 Å². The molecule has 0 saturated heterocycles. The number of nitrogens with one attached hydrogen (secondary N) is 2. The van der Waals surface area contributed by atoms with Gasteiger partial charge < -0.3 is 19.5 Å². The first-order valence-corrected chi connectivity index (χ1v) is 11.1. The average Bonchev–Trinajstić information content (AvgIpc) is 2.83. The summed E-state index contributed by atoms with van der Waals surface area (Å²) in [5.74, 6) is -0.177. The van der Waals surface area contributed by atoms with Gasteiger partial charge in [0.2, 0.25) is 0 Å². The maximum Gasteiger partial charge on any atom is 0.329 e. The number of rotatable bonds is 8. The summed E-state index contributed by atoms with van der Waals surface area (Å²) in [6, 6.07) is 17.3. The summed E-state index contributed by atoms with van der Waals surface area (Å²) in [6.45, 7) is 0.294. The van der Waals surface area contributed by atoms with E-state index in [2.05, 4.69) is 31.8 Å². The fourth-order valence-corrected chi connectivity index (χ4v) is 3.60. The van der Waals surface area contributed by atoms with Crippen LogP contribution in [0, 0.1) is 0 Å². The third-order valence-corrected chi connectivity index (χ3v) is 5.28. The Labute approximate surface area is 210 Å². The topological polar surface area (TPSA) is 98.2 Å². The Kier molecular flexibility index (Phi) is 8.89. The Morgan fingerprint density at radius 2 is 1.79 bits per heavy atom. The van der Waals surface area contributed by atoms with E-state index >= 15 is 0 Å². The predicted octanol–water partition coefficient (Wildman–Crippen LogP) is 4.79. The van der Waals surface area contributed by atoms with E-state index in [0.29, 0.717) is 44.6 Å². The highest BCUT2D eigenvalue weighted by Crippen LogP contribution is 2.37. The molecule has 0 aliphatic rings. The molecule has 176 valence electrons. The van der Waals surface area contributed by atoms with Gasteiger partial charge in [0.25, 0.3) is 0 Å². The van der Waals surface area contributed by atoms with Crippen molar-refractivity contribution in [2.75, 3.05) is 19.5 Å². The van der Waals surface area contributed by atoms with E-state index in [1.807, 2.05) is 18.2 Å². The van der Waals surface area contributed by atoms with E-state index in [4.69, 9.17) is 25.8 Å². The van der Waals surface area contributed by atoms with Gasteiger partial charge in [0.05, 0.1) is 24.9 Å². The first kappa shape index (κ1) is 25.1. The number of halogens is 2. The van der Waals surface area contributed by atoms with Gasteiger partial charge >= 0.3 is 11.8 Å². The van der Waals surface area contributed by atoms with Crippen LogP contribution in [-0.4, -0.2) is 32.2 Å². The number of anilines is 1. The number of amides is 2. The SMILES string of the molecule is COc1ccc(NC(=O)C(=O)N/N=C/c2cc(Br)c(OCc3cccc(Cl)c3)c(OC)c2)cc1. The zero-order valence-corrected chi connectivity index (χ0v) is 20.6. The second kappa shape index (κ2) is 12.1. The van der Waals surface area contributed by atoms with Gasteiger partial charge in [-0.1, -0.05) is 23.7 Å². The molecule has 0 saturated carbocycles. The van der Waals surface area contributed by atoms with Gasteiger partial charge in [-0.05, 0) is 75.6 Å². The van der Waals surface area contributed by atoms with Crippen molar-refractivity contribution in [1.29, 1.82) is 0 Å². The molecule has 0 heterocycles. The summed E-state index contributed by atoms with van der Waals surface area (Å²) in [7, 11) is 3.05. The van der Waals surface area contributed by atoms with Gasteiger partial charge in [-0.15, -0.1) is 0 Å². The van der Waals surface area contributed by atoms with Crippen molar-refractivity contribution in [2.45, 2.75) is 6.61 Å². The predicted molar refractivity (Wildman–Crippen MR) is 134 cm³/mol. The van der Waals surface area contributed by atoms with E-state index in [-0.39, 0.29) is 0 Å². The molecule has 0 unspecified atom stereocenters. The number of hydrazone groups is 1. The van der Waals surface area contributed by atoms with Crippen LogP contribution >= 0.6 is 27.5 Å². The standard InChI is InChI=1S/C24H21BrClN3O5/c1-32-19-8-6-18(7-9-19)28-23(30)24(31)29-27-13-16-11-20(25)22(21(12-16)33-2)34-14-15-4-3-5-17(26)10-15/h3-13H,14H2,1-2H3,(H,28,30)(H,29,31)/b27-13+. The minimum absolute atomic E-state index is 0.294. The molecule has 0 radical (unpaired) electrons. The molecular formula is C24H21BrClN3O5. The molecule has 2 amide bonds. The summed E-state index contributed by atoms with van der Waals surface area (Å²) >= 11 is 9.48. The summed E-state index contributed by atoms with van der Waals surface area (Å²) in [6.07, 6.45) is 1.38. The Bertz CT molecular complexity index is 1200. The molecule has 0 spiro atoms. The molecule has 3 aromatic carbocycles. The maximum absolute atomic E-state index is 12.0. The lowest BCUT2D eigenvalue weighted by Crippen LogP contribution is -2.32. The van der Waals surface area contributed by atoms with Crippen molar-refractivity contribution < 1.29 is 23.8 Å². The molecule has 34 heavy (non-hydrogen) atoms. The number of ether oxygens (including phenoxy) is 3. The van der Waals surface area contributed by atoms with Crippen molar-refractivity contribution in [3.05, 3.63) is 81.3 Å². The van der Waals surface area contributed by atoms with Gasteiger partial charge in [0.15, 0.2) is 11.5 Å². The highest BCUT2D eigenvalue weighted by Gasteiger charge is 2.14. The van der Waals surface area contributed by atoms with Crippen LogP contribution < -0.4 is 25.0 Å². The molecule has 0 fully saturated rings. The van der Waals surface area contributed by atoms with Crippen LogP contribution in [0.3, 0.4) is 0 Å². The van der Waals surface area contributed by atoms with E-state index < -0.39 is 11.8 Å². The molecule has 10 heteroatoms. The lowest BCUT2D eigenvalue weighted by atomic mass is 10.2. The summed E-state index contributed by atoms with van der Waals surface area (Å²) < 4.78 is 17.0.